The van der Waals surface area contributed by atoms with Crippen molar-refractivity contribution in [3.05, 3.63) is 59.8 Å². The standard InChI is InChI=1S/C17H19N/c1-5-12(2)16-8-9-17(18-11-16)15-7-6-13(3)14(4)10-15/h6-11H,2,5H2,1,3-4H3. The Hall–Kier alpha value is -1.89. The summed E-state index contributed by atoms with van der Waals surface area (Å²) in [7, 11) is 0. The van der Waals surface area contributed by atoms with Crippen molar-refractivity contribution in [1.82, 2.24) is 4.98 Å². The van der Waals surface area contributed by atoms with Crippen molar-refractivity contribution in [2.24, 2.45) is 0 Å². The third kappa shape index (κ3) is 2.51. The maximum absolute atomic E-state index is 4.53. The Morgan fingerprint density at radius 1 is 1.11 bits per heavy atom. The largest absolute Gasteiger partial charge is 0.256 e. The van der Waals surface area contributed by atoms with Gasteiger partial charge in [-0.25, -0.2) is 0 Å². The van der Waals surface area contributed by atoms with Crippen molar-refractivity contribution in [2.45, 2.75) is 27.2 Å². The molecule has 0 atom stereocenters. The van der Waals surface area contributed by atoms with Crippen LogP contribution in [0.3, 0.4) is 0 Å². The molecule has 0 aliphatic carbocycles. The Kier molecular flexibility index (Phi) is 3.61. The maximum atomic E-state index is 4.53. The molecule has 0 N–H and O–H groups in total. The highest BCUT2D eigenvalue weighted by atomic mass is 14.7. The molecule has 1 nitrogen and oxygen atoms in total. The van der Waals surface area contributed by atoms with Crippen molar-refractivity contribution < 1.29 is 0 Å². The van der Waals surface area contributed by atoms with Gasteiger partial charge in [0.05, 0.1) is 5.69 Å². The monoisotopic (exact) mass is 237 g/mol. The molecule has 0 fully saturated rings. The number of nitrogens with zero attached hydrogens (tertiary/aromatic N) is 1. The third-order valence-electron chi connectivity index (χ3n) is 3.40. The molecule has 1 aromatic heterocycles. The number of allylic oxidation sites excluding steroid dienone is 1. The molecule has 0 saturated carbocycles. The van der Waals surface area contributed by atoms with Gasteiger partial charge in [-0.05, 0) is 54.7 Å². The Bertz CT molecular complexity index is 565. The van der Waals surface area contributed by atoms with Crippen LogP contribution in [0.4, 0.5) is 0 Å². The summed E-state index contributed by atoms with van der Waals surface area (Å²) in [5, 5.41) is 0. The fourth-order valence-electron chi connectivity index (χ4n) is 1.88. The first-order valence-corrected chi connectivity index (χ1v) is 6.33. The quantitative estimate of drug-likeness (QED) is 0.748. The van der Waals surface area contributed by atoms with Crippen molar-refractivity contribution >= 4 is 5.57 Å². The lowest BCUT2D eigenvalue weighted by Crippen LogP contribution is -1.89. The zero-order chi connectivity index (χ0) is 13.1. The highest BCUT2D eigenvalue weighted by molar-refractivity contribution is 5.66. The number of aryl methyl sites for hydroxylation is 2. The summed E-state index contributed by atoms with van der Waals surface area (Å²) in [6.45, 7) is 10.4. The molecule has 1 aromatic carbocycles. The Morgan fingerprint density at radius 3 is 2.44 bits per heavy atom. The topological polar surface area (TPSA) is 12.9 Å². The number of benzene rings is 1. The number of rotatable bonds is 3. The molecular weight excluding hydrogens is 218 g/mol. The molecule has 0 aliphatic rings. The van der Waals surface area contributed by atoms with Crippen LogP contribution in [0.2, 0.25) is 0 Å². The van der Waals surface area contributed by atoms with E-state index in [0.717, 1.165) is 23.3 Å². The lowest BCUT2D eigenvalue weighted by molar-refractivity contribution is 1.22. The molecule has 0 spiro atoms. The van der Waals surface area contributed by atoms with Gasteiger partial charge in [0.25, 0.3) is 0 Å². The summed E-state index contributed by atoms with van der Waals surface area (Å²) < 4.78 is 0. The molecular formula is C17H19N. The minimum absolute atomic E-state index is 0.963. The van der Waals surface area contributed by atoms with Gasteiger partial charge in [-0.2, -0.15) is 0 Å². The van der Waals surface area contributed by atoms with Gasteiger partial charge in [-0.1, -0.05) is 31.7 Å². The van der Waals surface area contributed by atoms with Gasteiger partial charge in [0.2, 0.25) is 0 Å². The molecule has 0 aliphatic heterocycles. The molecule has 0 radical (unpaired) electrons. The SMILES string of the molecule is C=C(CC)c1ccc(-c2ccc(C)c(C)c2)nc1. The molecule has 1 heteroatoms. The van der Waals surface area contributed by atoms with Gasteiger partial charge >= 0.3 is 0 Å². The summed E-state index contributed by atoms with van der Waals surface area (Å²) in [5.74, 6) is 0. The van der Waals surface area contributed by atoms with E-state index in [4.69, 9.17) is 0 Å². The van der Waals surface area contributed by atoms with Crippen LogP contribution in [0, 0.1) is 13.8 Å². The summed E-state index contributed by atoms with van der Waals surface area (Å²) >= 11 is 0. The average Bonchev–Trinajstić information content (AvgIpc) is 2.41. The van der Waals surface area contributed by atoms with Gasteiger partial charge in [0.15, 0.2) is 0 Å². The van der Waals surface area contributed by atoms with Crippen LogP contribution in [0.25, 0.3) is 16.8 Å². The molecule has 0 amide bonds. The van der Waals surface area contributed by atoms with Crippen molar-refractivity contribution in [3.8, 4) is 11.3 Å². The van der Waals surface area contributed by atoms with E-state index in [0.29, 0.717) is 0 Å². The first-order chi connectivity index (χ1) is 8.61. The smallest absolute Gasteiger partial charge is 0.0702 e. The van der Waals surface area contributed by atoms with E-state index in [9.17, 15) is 0 Å². The van der Waals surface area contributed by atoms with Crippen LogP contribution in [-0.2, 0) is 0 Å². The highest BCUT2D eigenvalue weighted by Crippen LogP contribution is 2.22. The second-order valence-corrected chi connectivity index (χ2v) is 4.69. The van der Waals surface area contributed by atoms with Gasteiger partial charge in [0.1, 0.15) is 0 Å². The fourth-order valence-corrected chi connectivity index (χ4v) is 1.88. The minimum Gasteiger partial charge on any atom is -0.256 e. The normalized spacial score (nSPS) is 10.4. The predicted octanol–water partition coefficient (Wildman–Crippen LogP) is 4.79. The van der Waals surface area contributed by atoms with Crippen LogP contribution < -0.4 is 0 Å². The number of hydrogen-bond donors (Lipinski definition) is 0. The molecule has 0 unspecified atom stereocenters. The molecule has 0 saturated heterocycles. The van der Waals surface area contributed by atoms with Crippen LogP contribution in [0.15, 0.2) is 43.1 Å². The van der Waals surface area contributed by atoms with E-state index >= 15 is 0 Å². The zero-order valence-corrected chi connectivity index (χ0v) is 11.3. The summed E-state index contributed by atoms with van der Waals surface area (Å²) in [5.41, 5.74) is 7.07. The maximum Gasteiger partial charge on any atom is 0.0702 e. The average molecular weight is 237 g/mol. The van der Waals surface area contributed by atoms with Crippen LogP contribution in [0.5, 0.6) is 0 Å². The summed E-state index contributed by atoms with van der Waals surface area (Å²) in [6.07, 6.45) is 2.88. The molecule has 2 aromatic rings. The molecule has 1 heterocycles. The number of aromatic nitrogens is 1. The first kappa shape index (κ1) is 12.6. The molecule has 0 bridgehead atoms. The van der Waals surface area contributed by atoms with Crippen molar-refractivity contribution in [1.29, 1.82) is 0 Å². The van der Waals surface area contributed by atoms with Gasteiger partial charge in [0, 0.05) is 11.8 Å². The van der Waals surface area contributed by atoms with Crippen LogP contribution in [-0.4, -0.2) is 4.98 Å². The van der Waals surface area contributed by atoms with E-state index < -0.39 is 0 Å². The minimum atomic E-state index is 0.963. The lowest BCUT2D eigenvalue weighted by Gasteiger charge is -2.07. The zero-order valence-electron chi connectivity index (χ0n) is 11.3. The van der Waals surface area contributed by atoms with Crippen LogP contribution in [0.1, 0.15) is 30.0 Å². The van der Waals surface area contributed by atoms with Crippen LogP contribution >= 0.6 is 0 Å². The van der Waals surface area contributed by atoms with E-state index in [1.807, 2.05) is 6.20 Å². The van der Waals surface area contributed by atoms with Crippen molar-refractivity contribution in [2.75, 3.05) is 0 Å². The third-order valence-corrected chi connectivity index (χ3v) is 3.40. The predicted molar refractivity (Wildman–Crippen MR) is 78.5 cm³/mol. The first-order valence-electron chi connectivity index (χ1n) is 6.33. The fraction of sp³-hybridized carbons (Fsp3) is 0.235. The van der Waals surface area contributed by atoms with E-state index in [-0.39, 0.29) is 0 Å². The van der Waals surface area contributed by atoms with E-state index in [2.05, 4.69) is 62.7 Å². The second kappa shape index (κ2) is 5.18. The summed E-state index contributed by atoms with van der Waals surface area (Å²) in [4.78, 5) is 4.53. The van der Waals surface area contributed by atoms with E-state index in [1.54, 1.807) is 0 Å². The second-order valence-electron chi connectivity index (χ2n) is 4.69. The number of pyridine rings is 1. The Morgan fingerprint density at radius 2 is 1.89 bits per heavy atom. The van der Waals surface area contributed by atoms with Gasteiger partial charge in [-0.15, -0.1) is 0 Å². The van der Waals surface area contributed by atoms with Gasteiger partial charge < -0.3 is 0 Å². The summed E-state index contributed by atoms with van der Waals surface area (Å²) in [6, 6.07) is 10.6. The lowest BCUT2D eigenvalue weighted by atomic mass is 10.0. The molecule has 92 valence electrons. The molecule has 2 rings (SSSR count). The van der Waals surface area contributed by atoms with Gasteiger partial charge in [-0.3, -0.25) is 4.98 Å². The highest BCUT2D eigenvalue weighted by Gasteiger charge is 2.02. The number of hydrogen-bond acceptors (Lipinski definition) is 1. The van der Waals surface area contributed by atoms with E-state index in [1.165, 1.54) is 16.7 Å². The molecule has 18 heavy (non-hydrogen) atoms. The Labute approximate surface area is 109 Å². The van der Waals surface area contributed by atoms with Crippen molar-refractivity contribution in [3.63, 3.8) is 0 Å². The Balaban J connectivity index is 2.34.